The molecule has 0 bridgehead atoms. The van der Waals surface area contributed by atoms with Crippen LogP contribution in [0.5, 0.6) is 0 Å². The van der Waals surface area contributed by atoms with Crippen LogP contribution in [0.3, 0.4) is 0 Å². The van der Waals surface area contributed by atoms with Crippen LogP contribution in [0, 0.1) is 0 Å². The van der Waals surface area contributed by atoms with Crippen molar-refractivity contribution in [1.82, 2.24) is 9.97 Å². The van der Waals surface area contributed by atoms with E-state index in [0.29, 0.717) is 5.95 Å². The molecule has 120 valence electrons. The topological polar surface area (TPSA) is 78.4 Å². The average molecular weight is 333 g/mol. The fourth-order valence-electron chi connectivity index (χ4n) is 2.76. The molecule has 1 aromatic heterocycles. The zero-order valence-electron chi connectivity index (χ0n) is 12.4. The van der Waals surface area contributed by atoms with Gasteiger partial charge in [-0.15, -0.1) is 0 Å². The number of carboxylic acid groups (broad SMARTS) is 1. The number of hydrogen-bond donors (Lipinski definition) is 2. The maximum Gasteiger partial charge on any atom is 0.337 e. The van der Waals surface area contributed by atoms with E-state index >= 15 is 0 Å². The fourth-order valence-corrected chi connectivity index (χ4v) is 3.02. The molecule has 1 aliphatic rings. The molecule has 0 saturated carbocycles. The zero-order chi connectivity index (χ0) is 16.2. The van der Waals surface area contributed by atoms with Crippen LogP contribution < -0.4 is 10.2 Å². The van der Waals surface area contributed by atoms with Crippen LogP contribution in [0.25, 0.3) is 0 Å². The van der Waals surface area contributed by atoms with Crippen molar-refractivity contribution in [2.75, 3.05) is 23.3 Å². The number of carboxylic acids is 1. The first-order chi connectivity index (χ1) is 11.1. The number of aromatic carboxylic acids is 1. The van der Waals surface area contributed by atoms with Crippen molar-refractivity contribution in [2.24, 2.45) is 0 Å². The second-order valence-electron chi connectivity index (χ2n) is 5.47. The van der Waals surface area contributed by atoms with Crippen molar-refractivity contribution in [3.05, 3.63) is 47.2 Å². The number of nitrogens with one attached hydrogen (secondary N) is 1. The van der Waals surface area contributed by atoms with Crippen molar-refractivity contribution >= 4 is 29.2 Å². The standard InChI is InChI=1S/C16H17ClN4O2/c17-14-9-12(4-5-13(14)15(22)23)21-8-1-3-11(10-21)20-16-18-6-2-7-19-16/h2,4-7,9,11H,1,3,8,10H2,(H,22,23)(H,18,19,20)/t11-/m0/s1. The van der Waals surface area contributed by atoms with Gasteiger partial charge in [-0.2, -0.15) is 0 Å². The summed E-state index contributed by atoms with van der Waals surface area (Å²) in [5.41, 5.74) is 1.06. The first-order valence-electron chi connectivity index (χ1n) is 7.45. The minimum atomic E-state index is -1.01. The summed E-state index contributed by atoms with van der Waals surface area (Å²) in [6.07, 6.45) is 5.49. The normalized spacial score (nSPS) is 17.8. The number of halogens is 1. The summed E-state index contributed by atoms with van der Waals surface area (Å²) >= 11 is 6.07. The summed E-state index contributed by atoms with van der Waals surface area (Å²) in [4.78, 5) is 21.6. The highest BCUT2D eigenvalue weighted by Crippen LogP contribution is 2.26. The molecule has 1 aliphatic heterocycles. The molecule has 0 spiro atoms. The highest BCUT2D eigenvalue weighted by Gasteiger charge is 2.21. The molecular weight excluding hydrogens is 316 g/mol. The Bertz CT molecular complexity index is 696. The molecular formula is C16H17ClN4O2. The summed E-state index contributed by atoms with van der Waals surface area (Å²) in [7, 11) is 0. The predicted octanol–water partition coefficient (Wildman–Crippen LogP) is 2.91. The van der Waals surface area contributed by atoms with Gasteiger partial charge in [0.2, 0.25) is 5.95 Å². The fraction of sp³-hybridized carbons (Fsp3) is 0.312. The van der Waals surface area contributed by atoms with Crippen molar-refractivity contribution < 1.29 is 9.90 Å². The number of carbonyl (C=O) groups is 1. The molecule has 2 N–H and O–H groups in total. The van der Waals surface area contributed by atoms with E-state index in [4.69, 9.17) is 16.7 Å². The maximum atomic E-state index is 11.0. The van der Waals surface area contributed by atoms with Crippen LogP contribution in [-0.4, -0.2) is 40.2 Å². The summed E-state index contributed by atoms with van der Waals surface area (Å²) < 4.78 is 0. The molecule has 1 saturated heterocycles. The van der Waals surface area contributed by atoms with E-state index in [0.717, 1.165) is 31.6 Å². The first-order valence-corrected chi connectivity index (χ1v) is 7.82. The SMILES string of the molecule is O=C(O)c1ccc(N2CCC[C@H](Nc3ncccn3)C2)cc1Cl. The number of aromatic nitrogens is 2. The zero-order valence-corrected chi connectivity index (χ0v) is 13.2. The number of hydrogen-bond acceptors (Lipinski definition) is 5. The number of nitrogens with zero attached hydrogens (tertiary/aromatic N) is 3. The Hall–Kier alpha value is -2.34. The van der Waals surface area contributed by atoms with Crippen LogP contribution in [0.4, 0.5) is 11.6 Å². The van der Waals surface area contributed by atoms with Gasteiger partial charge in [0, 0.05) is 37.2 Å². The van der Waals surface area contributed by atoms with Gasteiger partial charge >= 0.3 is 5.97 Å². The van der Waals surface area contributed by atoms with Crippen LogP contribution >= 0.6 is 11.6 Å². The summed E-state index contributed by atoms with van der Waals surface area (Å²) in [6.45, 7) is 1.71. The minimum Gasteiger partial charge on any atom is -0.478 e. The van der Waals surface area contributed by atoms with Crippen LogP contribution in [0.1, 0.15) is 23.2 Å². The second-order valence-corrected chi connectivity index (χ2v) is 5.88. The lowest BCUT2D eigenvalue weighted by atomic mass is 10.0. The highest BCUT2D eigenvalue weighted by atomic mass is 35.5. The highest BCUT2D eigenvalue weighted by molar-refractivity contribution is 6.33. The molecule has 0 unspecified atom stereocenters. The van der Waals surface area contributed by atoms with Crippen molar-refractivity contribution in [3.63, 3.8) is 0 Å². The average Bonchev–Trinajstić information content (AvgIpc) is 2.55. The number of anilines is 2. The van der Waals surface area contributed by atoms with Gasteiger partial charge in [0.1, 0.15) is 0 Å². The molecule has 0 aliphatic carbocycles. The van der Waals surface area contributed by atoms with Gasteiger partial charge in [0.15, 0.2) is 0 Å². The van der Waals surface area contributed by atoms with E-state index in [1.165, 1.54) is 0 Å². The predicted molar refractivity (Wildman–Crippen MR) is 89.3 cm³/mol. The molecule has 6 nitrogen and oxygen atoms in total. The van der Waals surface area contributed by atoms with Crippen LogP contribution in [-0.2, 0) is 0 Å². The number of piperidine rings is 1. The van der Waals surface area contributed by atoms with E-state index in [9.17, 15) is 4.79 Å². The van der Waals surface area contributed by atoms with E-state index in [-0.39, 0.29) is 16.6 Å². The van der Waals surface area contributed by atoms with Gasteiger partial charge in [-0.05, 0) is 37.1 Å². The van der Waals surface area contributed by atoms with Gasteiger partial charge in [-0.1, -0.05) is 11.6 Å². The summed E-state index contributed by atoms with van der Waals surface area (Å²) in [5.74, 6) is -0.389. The Kier molecular flexibility index (Phi) is 4.62. The summed E-state index contributed by atoms with van der Waals surface area (Å²) in [5, 5.41) is 12.6. The van der Waals surface area contributed by atoms with Crippen molar-refractivity contribution in [1.29, 1.82) is 0 Å². The quantitative estimate of drug-likeness (QED) is 0.896. The molecule has 3 rings (SSSR count). The third kappa shape index (κ3) is 3.71. The van der Waals surface area contributed by atoms with E-state index in [1.807, 2.05) is 0 Å². The number of benzene rings is 1. The molecule has 1 aromatic carbocycles. The Labute approximate surface area is 139 Å². The molecule has 1 fully saturated rings. The molecule has 23 heavy (non-hydrogen) atoms. The van der Waals surface area contributed by atoms with Crippen molar-refractivity contribution in [2.45, 2.75) is 18.9 Å². The van der Waals surface area contributed by atoms with Crippen LogP contribution in [0.2, 0.25) is 5.02 Å². The Morgan fingerprint density at radius 3 is 2.83 bits per heavy atom. The molecule has 0 amide bonds. The van der Waals surface area contributed by atoms with Crippen molar-refractivity contribution in [3.8, 4) is 0 Å². The van der Waals surface area contributed by atoms with Gasteiger partial charge in [0.25, 0.3) is 0 Å². The third-order valence-electron chi connectivity index (χ3n) is 3.87. The van der Waals surface area contributed by atoms with Crippen LogP contribution in [0.15, 0.2) is 36.7 Å². The number of rotatable bonds is 4. The third-order valence-corrected chi connectivity index (χ3v) is 4.18. The van der Waals surface area contributed by atoms with Gasteiger partial charge in [0.05, 0.1) is 10.6 Å². The lowest BCUT2D eigenvalue weighted by Crippen LogP contribution is -2.42. The molecule has 7 heteroatoms. The first kappa shape index (κ1) is 15.6. The summed E-state index contributed by atoms with van der Waals surface area (Å²) in [6, 6.07) is 7.09. The van der Waals surface area contributed by atoms with Gasteiger partial charge in [-0.3, -0.25) is 0 Å². The molecule has 1 atom stereocenters. The maximum absolute atomic E-state index is 11.0. The minimum absolute atomic E-state index is 0.125. The van der Waals surface area contributed by atoms with E-state index < -0.39 is 5.97 Å². The molecule has 2 heterocycles. The largest absolute Gasteiger partial charge is 0.478 e. The Morgan fingerprint density at radius 1 is 1.35 bits per heavy atom. The smallest absolute Gasteiger partial charge is 0.337 e. The monoisotopic (exact) mass is 332 g/mol. The second kappa shape index (κ2) is 6.83. The van der Waals surface area contributed by atoms with E-state index in [2.05, 4.69) is 20.2 Å². The van der Waals surface area contributed by atoms with E-state index in [1.54, 1.807) is 36.7 Å². The Morgan fingerprint density at radius 2 is 2.13 bits per heavy atom. The van der Waals surface area contributed by atoms with Gasteiger partial charge < -0.3 is 15.3 Å². The lowest BCUT2D eigenvalue weighted by molar-refractivity contribution is 0.0697. The lowest BCUT2D eigenvalue weighted by Gasteiger charge is -2.35. The Balaban J connectivity index is 1.71. The molecule has 2 aromatic rings. The molecule has 0 radical (unpaired) electrons. The van der Waals surface area contributed by atoms with Gasteiger partial charge in [-0.25, -0.2) is 14.8 Å².